The number of rotatable bonds is 5. The lowest BCUT2D eigenvalue weighted by molar-refractivity contribution is 0.0693. The molecule has 0 spiro atoms. The fourth-order valence-electron chi connectivity index (χ4n) is 3.79. The van der Waals surface area contributed by atoms with E-state index in [1.165, 1.54) is 49.3 Å². The van der Waals surface area contributed by atoms with Crippen LogP contribution in [0.3, 0.4) is 0 Å². The first-order chi connectivity index (χ1) is 15.0. The molecule has 0 aromatic heterocycles. The van der Waals surface area contributed by atoms with E-state index < -0.39 is 5.97 Å². The third-order valence-corrected chi connectivity index (χ3v) is 5.55. The summed E-state index contributed by atoms with van der Waals surface area (Å²) in [5.74, 6) is -1.31. The van der Waals surface area contributed by atoms with E-state index in [9.17, 15) is 4.79 Å². The lowest BCUT2D eigenvalue weighted by Gasteiger charge is -2.39. The second kappa shape index (κ2) is 11.2. The zero-order valence-electron chi connectivity index (χ0n) is 17.9. The number of hydrogen-bond donors (Lipinski definition) is 2. The largest absolute Gasteiger partial charge is 0.507 e. The number of carboxylic acid groups (broad SMARTS) is 1. The van der Waals surface area contributed by atoms with Gasteiger partial charge in [-0.05, 0) is 62.8 Å². The average molecular weight is 419 g/mol. The number of carboxylic acids is 1. The molecule has 1 fully saturated rings. The van der Waals surface area contributed by atoms with Crippen molar-refractivity contribution in [2.24, 2.45) is 0 Å². The van der Waals surface area contributed by atoms with Crippen LogP contribution in [-0.2, 0) is 6.54 Å². The maximum Gasteiger partial charge on any atom is 0.339 e. The molecule has 3 aromatic carbocycles. The van der Waals surface area contributed by atoms with Gasteiger partial charge in [0.2, 0.25) is 0 Å². The number of piperidine rings is 1. The highest BCUT2D eigenvalue weighted by molar-refractivity contribution is 5.90. The van der Waals surface area contributed by atoms with Gasteiger partial charge in [-0.3, -0.25) is 0 Å². The molecule has 0 aliphatic carbocycles. The molecule has 1 heterocycles. The van der Waals surface area contributed by atoms with Gasteiger partial charge in [0.05, 0.1) is 0 Å². The molecule has 3 aromatic rings. The zero-order chi connectivity index (χ0) is 22.1. The molecule has 1 aliphatic rings. The quantitative estimate of drug-likeness (QED) is 0.618. The van der Waals surface area contributed by atoms with Gasteiger partial charge in [0, 0.05) is 18.3 Å². The molecule has 4 rings (SSSR count). The molecule has 31 heavy (non-hydrogen) atoms. The molecule has 0 bridgehead atoms. The fourth-order valence-corrected chi connectivity index (χ4v) is 3.79. The monoisotopic (exact) mass is 418 g/mol. The topological polar surface area (TPSA) is 64.0 Å². The number of phenols is 1. The Kier molecular flexibility index (Phi) is 8.07. The number of aromatic carboxylic acids is 1. The lowest BCUT2D eigenvalue weighted by atomic mass is 10.0. The van der Waals surface area contributed by atoms with Gasteiger partial charge in [0.25, 0.3) is 0 Å². The Morgan fingerprint density at radius 3 is 2.00 bits per heavy atom. The van der Waals surface area contributed by atoms with Gasteiger partial charge < -0.3 is 20.0 Å². The molecule has 2 N–H and O–H groups in total. The minimum atomic E-state index is -1.11. The van der Waals surface area contributed by atoms with Crippen molar-refractivity contribution in [3.8, 4) is 5.75 Å². The summed E-state index contributed by atoms with van der Waals surface area (Å²) >= 11 is 0. The summed E-state index contributed by atoms with van der Waals surface area (Å²) in [5.41, 5.74) is 2.67. The number of hydrogen-bond acceptors (Lipinski definition) is 4. The molecule has 162 valence electrons. The van der Waals surface area contributed by atoms with E-state index >= 15 is 0 Å². The third kappa shape index (κ3) is 6.59. The van der Waals surface area contributed by atoms with Crippen molar-refractivity contribution in [3.05, 3.63) is 96.1 Å². The summed E-state index contributed by atoms with van der Waals surface area (Å²) in [6, 6.07) is 28.1. The van der Waals surface area contributed by atoms with Crippen molar-refractivity contribution in [1.82, 2.24) is 4.90 Å². The minimum Gasteiger partial charge on any atom is -0.507 e. The van der Waals surface area contributed by atoms with E-state index in [1.807, 2.05) is 0 Å². The minimum absolute atomic E-state index is 0.0671. The van der Waals surface area contributed by atoms with Crippen LogP contribution in [0.15, 0.2) is 84.9 Å². The van der Waals surface area contributed by atoms with E-state index in [2.05, 4.69) is 77.5 Å². The number of anilines is 1. The number of aromatic hydroxyl groups is 1. The molecule has 0 unspecified atom stereocenters. The predicted octanol–water partition coefficient (Wildman–Crippen LogP) is 4.88. The molecular weight excluding hydrogens is 388 g/mol. The molecule has 1 saturated heterocycles. The van der Waals surface area contributed by atoms with Gasteiger partial charge in [-0.25, -0.2) is 4.79 Å². The summed E-state index contributed by atoms with van der Waals surface area (Å²) in [7, 11) is 2.22. The molecule has 0 saturated carbocycles. The van der Waals surface area contributed by atoms with Gasteiger partial charge >= 0.3 is 5.97 Å². The molecular formula is C26H30N2O3. The number of para-hydroxylation sites is 2. The van der Waals surface area contributed by atoms with Crippen LogP contribution in [0, 0.1) is 0 Å². The summed E-state index contributed by atoms with van der Waals surface area (Å²) in [4.78, 5) is 15.3. The van der Waals surface area contributed by atoms with Crippen LogP contribution in [0.2, 0.25) is 0 Å². The second-order valence-electron chi connectivity index (χ2n) is 7.81. The summed E-state index contributed by atoms with van der Waals surface area (Å²) in [6.45, 7) is 3.39. The molecule has 5 heteroatoms. The first kappa shape index (κ1) is 22.4. The van der Waals surface area contributed by atoms with E-state index in [0.717, 1.165) is 6.54 Å². The molecule has 1 aliphatic heterocycles. The van der Waals surface area contributed by atoms with E-state index in [4.69, 9.17) is 10.2 Å². The average Bonchev–Trinajstić information content (AvgIpc) is 2.80. The Morgan fingerprint density at radius 2 is 1.45 bits per heavy atom. The van der Waals surface area contributed by atoms with E-state index in [0.29, 0.717) is 6.04 Å². The highest BCUT2D eigenvalue weighted by atomic mass is 16.4. The molecule has 0 atom stereocenters. The predicted molar refractivity (Wildman–Crippen MR) is 125 cm³/mol. The van der Waals surface area contributed by atoms with Crippen LogP contribution in [0.25, 0.3) is 0 Å². The van der Waals surface area contributed by atoms with Gasteiger partial charge in [-0.15, -0.1) is 0 Å². The standard InChI is InChI=1S/C19H24N2.C7H6O3/c1-20-14-12-19(13-15-20)21(18-10-6-3-7-11-18)16-17-8-4-2-5-9-17;8-6-4-2-1-3-5(6)7(9)10/h2-11,19H,12-16H2,1H3;1-4,8H,(H,9,10). The lowest BCUT2D eigenvalue weighted by Crippen LogP contribution is -2.43. The van der Waals surface area contributed by atoms with Gasteiger partial charge in [0.1, 0.15) is 11.3 Å². The highest BCUT2D eigenvalue weighted by Crippen LogP contribution is 2.25. The maximum atomic E-state index is 10.3. The first-order valence-electron chi connectivity index (χ1n) is 10.6. The Hall–Kier alpha value is -3.31. The zero-order valence-corrected chi connectivity index (χ0v) is 17.9. The van der Waals surface area contributed by atoms with Crippen LogP contribution >= 0.6 is 0 Å². The second-order valence-corrected chi connectivity index (χ2v) is 7.81. The van der Waals surface area contributed by atoms with Crippen LogP contribution in [0.5, 0.6) is 5.75 Å². The summed E-state index contributed by atoms with van der Waals surface area (Å²) in [6.07, 6.45) is 2.50. The maximum absolute atomic E-state index is 10.3. The van der Waals surface area contributed by atoms with Crippen molar-refractivity contribution in [2.75, 3.05) is 25.0 Å². The third-order valence-electron chi connectivity index (χ3n) is 5.55. The Balaban J connectivity index is 0.000000229. The van der Waals surface area contributed by atoms with Crippen LogP contribution in [0.4, 0.5) is 5.69 Å². The number of carbonyl (C=O) groups is 1. The van der Waals surface area contributed by atoms with Crippen LogP contribution in [-0.4, -0.2) is 47.3 Å². The SMILES string of the molecule is CN1CCC(N(Cc2ccccc2)c2ccccc2)CC1.O=C(O)c1ccccc1O. The Labute approximate surface area is 184 Å². The van der Waals surface area contributed by atoms with Crippen molar-refractivity contribution < 1.29 is 15.0 Å². The normalized spacial score (nSPS) is 14.4. The molecule has 0 amide bonds. The van der Waals surface area contributed by atoms with Gasteiger partial charge in [0.15, 0.2) is 0 Å². The summed E-state index contributed by atoms with van der Waals surface area (Å²) in [5, 5.41) is 17.3. The van der Waals surface area contributed by atoms with Crippen LogP contribution in [0.1, 0.15) is 28.8 Å². The van der Waals surface area contributed by atoms with Crippen molar-refractivity contribution in [1.29, 1.82) is 0 Å². The highest BCUT2D eigenvalue weighted by Gasteiger charge is 2.23. The van der Waals surface area contributed by atoms with Crippen molar-refractivity contribution in [3.63, 3.8) is 0 Å². The number of nitrogens with zero attached hydrogens (tertiary/aromatic N) is 2. The van der Waals surface area contributed by atoms with Crippen molar-refractivity contribution in [2.45, 2.75) is 25.4 Å². The van der Waals surface area contributed by atoms with Gasteiger partial charge in [-0.2, -0.15) is 0 Å². The Bertz CT molecular complexity index is 939. The van der Waals surface area contributed by atoms with Crippen molar-refractivity contribution >= 4 is 11.7 Å². The fraction of sp³-hybridized carbons (Fsp3) is 0.269. The molecule has 0 radical (unpaired) electrons. The van der Waals surface area contributed by atoms with E-state index in [1.54, 1.807) is 12.1 Å². The Morgan fingerprint density at radius 1 is 0.903 bits per heavy atom. The number of likely N-dealkylation sites (tertiary alicyclic amines) is 1. The molecule has 5 nitrogen and oxygen atoms in total. The summed E-state index contributed by atoms with van der Waals surface area (Å²) < 4.78 is 0. The van der Waals surface area contributed by atoms with E-state index in [-0.39, 0.29) is 11.3 Å². The van der Waals surface area contributed by atoms with Gasteiger partial charge in [-0.1, -0.05) is 60.7 Å². The van der Waals surface area contributed by atoms with Crippen LogP contribution < -0.4 is 4.90 Å². The first-order valence-corrected chi connectivity index (χ1v) is 10.6. The smallest absolute Gasteiger partial charge is 0.339 e. The number of benzene rings is 3.